The second-order valence-corrected chi connectivity index (χ2v) is 3.41. The van der Waals surface area contributed by atoms with Crippen LogP contribution in [0.2, 0.25) is 0 Å². The van der Waals surface area contributed by atoms with Crippen molar-refractivity contribution in [3.63, 3.8) is 0 Å². The highest BCUT2D eigenvalue weighted by molar-refractivity contribution is 5.71. The van der Waals surface area contributed by atoms with Gasteiger partial charge in [0.2, 0.25) is 0 Å². The summed E-state index contributed by atoms with van der Waals surface area (Å²) in [5.74, 6) is 1.55. The fourth-order valence-electron chi connectivity index (χ4n) is 1.36. The number of rotatable bonds is 3. The van der Waals surface area contributed by atoms with Crippen LogP contribution < -0.4 is 0 Å². The highest BCUT2D eigenvalue weighted by Crippen LogP contribution is 2.17. The van der Waals surface area contributed by atoms with Crippen LogP contribution in [-0.4, -0.2) is 12.8 Å². The van der Waals surface area contributed by atoms with Gasteiger partial charge in [0.1, 0.15) is 0 Å². The van der Waals surface area contributed by atoms with Gasteiger partial charge in [-0.1, -0.05) is 26.3 Å². The lowest BCUT2D eigenvalue weighted by Gasteiger charge is -2.16. The van der Waals surface area contributed by atoms with Crippen molar-refractivity contribution in [2.75, 3.05) is 6.54 Å². The maximum atomic E-state index is 4.23. The molecule has 0 aliphatic carbocycles. The van der Waals surface area contributed by atoms with Gasteiger partial charge in [-0.3, -0.25) is 4.99 Å². The molecule has 0 N–H and O–H groups in total. The molecule has 0 amide bonds. The van der Waals surface area contributed by atoms with Gasteiger partial charge in [-0.15, -0.1) is 0 Å². The molecule has 0 saturated heterocycles. The number of dihydropyridines is 1. The molecule has 0 aromatic heterocycles. The fourth-order valence-corrected chi connectivity index (χ4v) is 1.36. The first kappa shape index (κ1) is 8.51. The van der Waals surface area contributed by atoms with Gasteiger partial charge >= 0.3 is 0 Å². The highest BCUT2D eigenvalue weighted by atomic mass is 14.7. The summed E-state index contributed by atoms with van der Waals surface area (Å²) >= 11 is 0. The van der Waals surface area contributed by atoms with Crippen molar-refractivity contribution < 1.29 is 0 Å². The molecule has 1 heterocycles. The van der Waals surface area contributed by atoms with Crippen LogP contribution in [0.1, 0.15) is 26.7 Å². The second kappa shape index (κ2) is 4.32. The van der Waals surface area contributed by atoms with Crippen LogP contribution in [0.4, 0.5) is 0 Å². The summed E-state index contributed by atoms with van der Waals surface area (Å²) in [7, 11) is 0. The Hall–Kier alpha value is -0.590. The van der Waals surface area contributed by atoms with E-state index >= 15 is 0 Å². The largest absolute Gasteiger partial charge is 0.293 e. The van der Waals surface area contributed by atoms with Crippen molar-refractivity contribution >= 4 is 6.21 Å². The minimum Gasteiger partial charge on any atom is -0.293 e. The lowest BCUT2D eigenvalue weighted by molar-refractivity contribution is 0.439. The van der Waals surface area contributed by atoms with E-state index in [1.165, 1.54) is 12.8 Å². The zero-order valence-electron chi connectivity index (χ0n) is 7.46. The average molecular weight is 151 g/mol. The monoisotopic (exact) mass is 151 g/mol. The van der Waals surface area contributed by atoms with Gasteiger partial charge in [0.15, 0.2) is 0 Å². The first-order valence-corrected chi connectivity index (χ1v) is 4.49. The Morgan fingerprint density at radius 3 is 3.00 bits per heavy atom. The van der Waals surface area contributed by atoms with Crippen molar-refractivity contribution in [2.24, 2.45) is 16.8 Å². The molecular weight excluding hydrogens is 134 g/mol. The van der Waals surface area contributed by atoms with Gasteiger partial charge in [0.25, 0.3) is 0 Å². The van der Waals surface area contributed by atoms with E-state index in [-0.39, 0.29) is 0 Å². The quantitative estimate of drug-likeness (QED) is 0.588. The van der Waals surface area contributed by atoms with E-state index in [0.717, 1.165) is 12.5 Å². The minimum absolute atomic E-state index is 0.704. The lowest BCUT2D eigenvalue weighted by Crippen LogP contribution is -2.09. The third-order valence-electron chi connectivity index (χ3n) is 2.32. The Balaban J connectivity index is 2.27. The standard InChI is InChI=1S/C10H17N/c1-3-9(2)7-10-5-4-6-11-8-10/h4-6,9-10H,3,7-8H2,1-2H3. The van der Waals surface area contributed by atoms with Gasteiger partial charge in [-0.25, -0.2) is 0 Å². The number of hydrogen-bond donors (Lipinski definition) is 0. The number of nitrogens with zero attached hydrogens (tertiary/aromatic N) is 1. The van der Waals surface area contributed by atoms with Crippen LogP contribution in [0.15, 0.2) is 17.1 Å². The predicted molar refractivity (Wildman–Crippen MR) is 50.1 cm³/mol. The molecule has 2 atom stereocenters. The van der Waals surface area contributed by atoms with Crippen molar-refractivity contribution in [1.82, 2.24) is 0 Å². The van der Waals surface area contributed by atoms with Crippen LogP contribution in [0.3, 0.4) is 0 Å². The summed E-state index contributed by atoms with van der Waals surface area (Å²) in [6.07, 6.45) is 8.82. The molecule has 1 aliphatic rings. The Bertz CT molecular complexity index is 158. The molecule has 62 valence electrons. The minimum atomic E-state index is 0.704. The molecule has 0 fully saturated rings. The molecule has 0 saturated carbocycles. The summed E-state index contributed by atoms with van der Waals surface area (Å²) in [5, 5.41) is 0. The van der Waals surface area contributed by atoms with E-state index in [1.54, 1.807) is 0 Å². The SMILES string of the molecule is CCC(C)CC1C=CC=NC1. The van der Waals surface area contributed by atoms with E-state index < -0.39 is 0 Å². The van der Waals surface area contributed by atoms with E-state index in [2.05, 4.69) is 31.0 Å². The lowest BCUT2D eigenvalue weighted by atomic mass is 9.93. The van der Waals surface area contributed by atoms with E-state index in [1.807, 2.05) is 6.21 Å². The van der Waals surface area contributed by atoms with Crippen molar-refractivity contribution in [3.8, 4) is 0 Å². The summed E-state index contributed by atoms with van der Waals surface area (Å²) in [6, 6.07) is 0. The predicted octanol–water partition coefficient (Wildman–Crippen LogP) is 2.68. The first-order valence-electron chi connectivity index (χ1n) is 4.49. The fraction of sp³-hybridized carbons (Fsp3) is 0.700. The number of allylic oxidation sites excluding steroid dienone is 1. The molecule has 2 unspecified atom stereocenters. The molecule has 1 heteroatoms. The van der Waals surface area contributed by atoms with Crippen LogP contribution in [0, 0.1) is 11.8 Å². The summed E-state index contributed by atoms with van der Waals surface area (Å²) in [5.41, 5.74) is 0. The molecule has 0 aromatic rings. The third-order valence-corrected chi connectivity index (χ3v) is 2.32. The zero-order chi connectivity index (χ0) is 8.10. The first-order chi connectivity index (χ1) is 5.33. The highest BCUT2D eigenvalue weighted by Gasteiger charge is 2.09. The third kappa shape index (κ3) is 2.87. The van der Waals surface area contributed by atoms with Crippen molar-refractivity contribution in [3.05, 3.63) is 12.2 Å². The Morgan fingerprint density at radius 2 is 2.45 bits per heavy atom. The van der Waals surface area contributed by atoms with E-state index in [9.17, 15) is 0 Å². The van der Waals surface area contributed by atoms with E-state index in [0.29, 0.717) is 5.92 Å². The molecule has 11 heavy (non-hydrogen) atoms. The van der Waals surface area contributed by atoms with Gasteiger partial charge in [0, 0.05) is 12.8 Å². The Morgan fingerprint density at radius 1 is 1.64 bits per heavy atom. The molecule has 1 rings (SSSR count). The number of aliphatic imine (C=N–C) groups is 1. The molecule has 0 bridgehead atoms. The van der Waals surface area contributed by atoms with E-state index in [4.69, 9.17) is 0 Å². The average Bonchev–Trinajstić information content (AvgIpc) is 2.06. The van der Waals surface area contributed by atoms with Gasteiger partial charge in [0.05, 0.1) is 0 Å². The molecule has 1 aliphatic heterocycles. The van der Waals surface area contributed by atoms with Gasteiger partial charge < -0.3 is 0 Å². The summed E-state index contributed by atoms with van der Waals surface area (Å²) in [4.78, 5) is 4.23. The summed E-state index contributed by atoms with van der Waals surface area (Å²) in [6.45, 7) is 5.56. The van der Waals surface area contributed by atoms with Crippen molar-refractivity contribution in [1.29, 1.82) is 0 Å². The molecule has 0 aromatic carbocycles. The summed E-state index contributed by atoms with van der Waals surface area (Å²) < 4.78 is 0. The van der Waals surface area contributed by atoms with Crippen LogP contribution in [-0.2, 0) is 0 Å². The van der Waals surface area contributed by atoms with Crippen LogP contribution in [0.25, 0.3) is 0 Å². The van der Waals surface area contributed by atoms with Crippen molar-refractivity contribution in [2.45, 2.75) is 26.7 Å². The van der Waals surface area contributed by atoms with Gasteiger partial charge in [-0.2, -0.15) is 0 Å². The number of hydrogen-bond acceptors (Lipinski definition) is 1. The normalized spacial score (nSPS) is 25.5. The maximum Gasteiger partial charge on any atom is 0.0452 e. The maximum absolute atomic E-state index is 4.23. The molecular formula is C10H17N. The molecule has 0 radical (unpaired) electrons. The Labute approximate surface area is 69.2 Å². The van der Waals surface area contributed by atoms with Crippen LogP contribution >= 0.6 is 0 Å². The molecule has 1 nitrogen and oxygen atoms in total. The zero-order valence-corrected chi connectivity index (χ0v) is 7.46. The molecule has 0 spiro atoms. The van der Waals surface area contributed by atoms with Crippen LogP contribution in [0.5, 0.6) is 0 Å². The smallest absolute Gasteiger partial charge is 0.0452 e. The Kier molecular flexibility index (Phi) is 3.34. The second-order valence-electron chi connectivity index (χ2n) is 3.41. The topological polar surface area (TPSA) is 12.4 Å². The van der Waals surface area contributed by atoms with Gasteiger partial charge in [-0.05, 0) is 24.3 Å².